The van der Waals surface area contributed by atoms with Gasteiger partial charge in [0.1, 0.15) is 4.91 Å². The van der Waals surface area contributed by atoms with E-state index in [4.69, 9.17) is 0 Å². The molecule has 1 aliphatic heterocycles. The van der Waals surface area contributed by atoms with Crippen molar-refractivity contribution in [1.29, 1.82) is 0 Å². The normalized spacial score (nSPS) is 24.7. The fraction of sp³-hybridized carbons (Fsp3) is 0.385. The van der Waals surface area contributed by atoms with Gasteiger partial charge in [0.25, 0.3) is 0 Å². The highest BCUT2D eigenvalue weighted by atomic mass is 32.2. The summed E-state index contributed by atoms with van der Waals surface area (Å²) in [6.07, 6.45) is 5.74. The molecular weight excluding hydrogens is 204 g/mol. The third-order valence-electron chi connectivity index (χ3n) is 3.33. The Kier molecular flexibility index (Phi) is 2.33. The van der Waals surface area contributed by atoms with Crippen LogP contribution >= 0.6 is 0 Å². The van der Waals surface area contributed by atoms with Gasteiger partial charge in [-0.2, -0.15) is 0 Å². The Balaban J connectivity index is 2.07. The molecule has 1 aromatic carbocycles. The highest BCUT2D eigenvalue weighted by Crippen LogP contribution is 2.39. The van der Waals surface area contributed by atoms with Crippen LogP contribution in [0.5, 0.6) is 0 Å². The largest absolute Gasteiger partial charge is 0.607 e. The van der Waals surface area contributed by atoms with E-state index in [1.54, 1.807) is 0 Å². The fourth-order valence-corrected chi connectivity index (χ4v) is 4.16. The molecule has 1 heterocycles. The Hall–Kier alpha value is -0.730. The molecule has 1 atom stereocenters. The number of hydrogen-bond donors (Lipinski definition) is 0. The Morgan fingerprint density at radius 3 is 2.80 bits per heavy atom. The Bertz CT molecular complexity index is 422. The average Bonchev–Trinajstić information content (AvgIpc) is 2.30. The molecule has 1 aromatic rings. The lowest BCUT2D eigenvalue weighted by atomic mass is 9.93. The molecule has 0 radical (unpaired) electrons. The molecule has 0 bridgehead atoms. The lowest BCUT2D eigenvalue weighted by Gasteiger charge is -2.27. The first kappa shape index (κ1) is 9.49. The first-order valence-corrected chi connectivity index (χ1v) is 6.72. The van der Waals surface area contributed by atoms with Gasteiger partial charge in [-0.3, -0.25) is 0 Å². The minimum absolute atomic E-state index is 0.852. The average molecular weight is 218 g/mol. The molecule has 1 nitrogen and oxygen atoms in total. The van der Waals surface area contributed by atoms with E-state index in [0.29, 0.717) is 0 Å². The van der Waals surface area contributed by atoms with Crippen molar-refractivity contribution in [3.63, 3.8) is 0 Å². The molecule has 1 unspecified atom stereocenters. The zero-order valence-corrected chi connectivity index (χ0v) is 9.48. The van der Waals surface area contributed by atoms with Gasteiger partial charge in [0.05, 0.1) is 0 Å². The quantitative estimate of drug-likeness (QED) is 0.613. The van der Waals surface area contributed by atoms with Crippen LogP contribution in [0.15, 0.2) is 39.6 Å². The monoisotopic (exact) mass is 218 g/mol. The Labute approximate surface area is 93.4 Å². The molecule has 15 heavy (non-hydrogen) atoms. The van der Waals surface area contributed by atoms with Crippen LogP contribution in [0.2, 0.25) is 0 Å². The molecule has 0 spiro atoms. The van der Waals surface area contributed by atoms with E-state index < -0.39 is 11.2 Å². The summed E-state index contributed by atoms with van der Waals surface area (Å²) in [6.45, 7) is 0. The van der Waals surface area contributed by atoms with Crippen molar-refractivity contribution in [3.05, 3.63) is 40.3 Å². The van der Waals surface area contributed by atoms with Crippen LogP contribution in [0.3, 0.4) is 0 Å². The molecule has 2 heteroatoms. The van der Waals surface area contributed by atoms with Gasteiger partial charge >= 0.3 is 0 Å². The van der Waals surface area contributed by atoms with E-state index in [0.717, 1.165) is 24.2 Å². The van der Waals surface area contributed by atoms with Crippen molar-refractivity contribution in [1.82, 2.24) is 0 Å². The molecule has 0 N–H and O–H groups in total. The van der Waals surface area contributed by atoms with Crippen LogP contribution in [0.25, 0.3) is 0 Å². The molecule has 0 saturated heterocycles. The summed E-state index contributed by atoms with van der Waals surface area (Å²) < 4.78 is 12.3. The van der Waals surface area contributed by atoms with Gasteiger partial charge in [-0.05, 0) is 30.9 Å². The number of fused-ring (bicyclic) bond motifs is 1. The standard InChI is InChI=1S/C13H14OS/c14-15-12-7-3-1-5-10(12)9-11-6-2-4-8-13(11)15/h1,3,5,7H,2,4,6,8-9H2. The van der Waals surface area contributed by atoms with Crippen LogP contribution in [0.1, 0.15) is 31.2 Å². The van der Waals surface area contributed by atoms with Crippen LogP contribution in [0, 0.1) is 0 Å². The molecule has 78 valence electrons. The van der Waals surface area contributed by atoms with Crippen molar-refractivity contribution in [2.75, 3.05) is 0 Å². The second-order valence-corrected chi connectivity index (χ2v) is 5.76. The van der Waals surface area contributed by atoms with E-state index in [1.807, 2.05) is 18.2 Å². The van der Waals surface area contributed by atoms with Gasteiger partial charge in [0, 0.05) is 29.6 Å². The first-order chi connectivity index (χ1) is 7.36. The molecule has 1 aliphatic carbocycles. The maximum absolute atomic E-state index is 12.3. The van der Waals surface area contributed by atoms with Crippen molar-refractivity contribution >= 4 is 11.2 Å². The van der Waals surface area contributed by atoms with Gasteiger partial charge in [0.2, 0.25) is 0 Å². The van der Waals surface area contributed by atoms with E-state index in [-0.39, 0.29) is 0 Å². The number of benzene rings is 1. The molecule has 0 fully saturated rings. The summed E-state index contributed by atoms with van der Waals surface area (Å²) >= 11 is -0.852. The third kappa shape index (κ3) is 1.52. The number of rotatable bonds is 0. The van der Waals surface area contributed by atoms with Gasteiger partial charge in [-0.25, -0.2) is 0 Å². The van der Waals surface area contributed by atoms with Crippen molar-refractivity contribution in [2.45, 2.75) is 37.0 Å². The van der Waals surface area contributed by atoms with E-state index in [2.05, 4.69) is 6.07 Å². The third-order valence-corrected chi connectivity index (χ3v) is 5.06. The Morgan fingerprint density at radius 2 is 1.87 bits per heavy atom. The van der Waals surface area contributed by atoms with Gasteiger partial charge in [-0.15, -0.1) is 0 Å². The van der Waals surface area contributed by atoms with Crippen molar-refractivity contribution in [3.8, 4) is 0 Å². The maximum atomic E-state index is 12.3. The van der Waals surface area contributed by atoms with Crippen LogP contribution in [0.4, 0.5) is 0 Å². The highest BCUT2D eigenvalue weighted by molar-refractivity contribution is 7.95. The molecule has 0 saturated carbocycles. The molecule has 0 amide bonds. The summed E-state index contributed by atoms with van der Waals surface area (Å²) in [5, 5.41) is 0. The molecule has 0 aromatic heterocycles. The Morgan fingerprint density at radius 1 is 1.07 bits per heavy atom. The van der Waals surface area contributed by atoms with E-state index in [1.165, 1.54) is 28.9 Å². The number of hydrogen-bond acceptors (Lipinski definition) is 1. The maximum Gasteiger partial charge on any atom is 0.161 e. The zero-order chi connectivity index (χ0) is 10.3. The summed E-state index contributed by atoms with van der Waals surface area (Å²) in [6, 6.07) is 8.17. The van der Waals surface area contributed by atoms with Gasteiger partial charge in [-0.1, -0.05) is 18.2 Å². The lowest BCUT2D eigenvalue weighted by Crippen LogP contribution is -2.19. The summed E-state index contributed by atoms with van der Waals surface area (Å²) in [5.74, 6) is 0. The number of allylic oxidation sites excluding steroid dienone is 2. The first-order valence-electron chi connectivity index (χ1n) is 5.57. The summed E-state index contributed by atoms with van der Waals surface area (Å²) in [4.78, 5) is 2.29. The van der Waals surface area contributed by atoms with Crippen molar-refractivity contribution < 1.29 is 4.55 Å². The molecule has 3 rings (SSSR count). The van der Waals surface area contributed by atoms with Crippen LogP contribution < -0.4 is 0 Å². The predicted octanol–water partition coefficient (Wildman–Crippen LogP) is 3.18. The summed E-state index contributed by atoms with van der Waals surface area (Å²) in [7, 11) is 0. The van der Waals surface area contributed by atoms with E-state index >= 15 is 0 Å². The minimum Gasteiger partial charge on any atom is -0.607 e. The second kappa shape index (κ2) is 3.69. The predicted molar refractivity (Wildman–Crippen MR) is 62.0 cm³/mol. The second-order valence-electron chi connectivity index (χ2n) is 4.29. The topological polar surface area (TPSA) is 23.1 Å². The van der Waals surface area contributed by atoms with Gasteiger partial charge in [0.15, 0.2) is 4.90 Å². The fourth-order valence-electron chi connectivity index (χ4n) is 2.54. The van der Waals surface area contributed by atoms with Crippen molar-refractivity contribution in [2.24, 2.45) is 0 Å². The highest BCUT2D eigenvalue weighted by Gasteiger charge is 2.31. The zero-order valence-electron chi connectivity index (χ0n) is 8.66. The molecule has 2 aliphatic rings. The van der Waals surface area contributed by atoms with Gasteiger partial charge < -0.3 is 4.55 Å². The van der Waals surface area contributed by atoms with Crippen LogP contribution in [-0.2, 0) is 17.6 Å². The van der Waals surface area contributed by atoms with Crippen LogP contribution in [-0.4, -0.2) is 4.55 Å². The SMILES string of the molecule is [O-][S+]1C2=C(CCCC2)Cc2ccccc21. The minimum atomic E-state index is -0.852. The smallest absolute Gasteiger partial charge is 0.161 e. The lowest BCUT2D eigenvalue weighted by molar-refractivity contribution is 0.584. The summed E-state index contributed by atoms with van der Waals surface area (Å²) in [5.41, 5.74) is 2.73. The molecular formula is C13H14OS. The van der Waals surface area contributed by atoms with E-state index in [9.17, 15) is 4.55 Å².